The molecule has 0 amide bonds. The van der Waals surface area contributed by atoms with Crippen molar-refractivity contribution < 1.29 is 23.8 Å². The van der Waals surface area contributed by atoms with Crippen LogP contribution in [0.25, 0.3) is 0 Å². The number of carbonyl (C=O) groups excluding carboxylic acids is 2. The van der Waals surface area contributed by atoms with Gasteiger partial charge >= 0.3 is 0 Å². The molecule has 0 radical (unpaired) electrons. The van der Waals surface area contributed by atoms with Gasteiger partial charge in [0.05, 0.1) is 17.3 Å². The van der Waals surface area contributed by atoms with E-state index in [2.05, 4.69) is 27.5 Å². The fourth-order valence-electron chi connectivity index (χ4n) is 5.84. The molecular weight excluding hydrogens is 652 g/mol. The van der Waals surface area contributed by atoms with E-state index in [0.717, 1.165) is 62.9 Å². The quantitative estimate of drug-likeness (QED) is 0.274. The molecule has 3 aliphatic rings. The molecule has 0 saturated carbocycles. The molecule has 0 aromatic heterocycles. The van der Waals surface area contributed by atoms with Crippen molar-refractivity contribution in [2.45, 2.75) is 51.0 Å². The van der Waals surface area contributed by atoms with Crippen molar-refractivity contribution >= 4 is 57.4 Å². The average molecular weight is 682 g/mol. The summed E-state index contributed by atoms with van der Waals surface area (Å²) < 4.78 is 18.2. The minimum atomic E-state index is -0.420. The molecule has 39 heavy (non-hydrogen) atoms. The van der Waals surface area contributed by atoms with Crippen LogP contribution in [0.15, 0.2) is 52.9 Å². The van der Waals surface area contributed by atoms with Gasteiger partial charge < -0.3 is 19.1 Å². The lowest BCUT2D eigenvalue weighted by Gasteiger charge is -2.44. The zero-order valence-electron chi connectivity index (χ0n) is 22.0. The molecule has 0 atom stereocenters. The molecule has 0 bridgehead atoms. The van der Waals surface area contributed by atoms with Gasteiger partial charge in [-0.05, 0) is 78.1 Å². The Hall–Kier alpha value is -2.07. The minimum Gasteiger partial charge on any atom is -0.493 e. The highest BCUT2D eigenvalue weighted by Gasteiger charge is 2.43. The maximum atomic E-state index is 13.5. The Labute approximate surface area is 252 Å². The van der Waals surface area contributed by atoms with Crippen LogP contribution in [-0.4, -0.2) is 43.8 Å². The summed E-state index contributed by atoms with van der Waals surface area (Å²) in [6.45, 7) is 1.39. The number of ketones is 2. The van der Waals surface area contributed by atoms with Gasteiger partial charge in [0.15, 0.2) is 23.1 Å². The van der Waals surface area contributed by atoms with Crippen molar-refractivity contribution in [3.63, 3.8) is 0 Å². The zero-order valence-corrected chi connectivity index (χ0v) is 25.6. The molecule has 6 nitrogen and oxygen atoms in total. The first kappa shape index (κ1) is 28.5. The number of halogens is 3. The first-order valence-corrected chi connectivity index (χ1v) is 14.9. The van der Waals surface area contributed by atoms with Crippen molar-refractivity contribution in [2.75, 3.05) is 27.4 Å². The Kier molecular flexibility index (Phi) is 8.91. The molecule has 2 aromatic carbocycles. The van der Waals surface area contributed by atoms with Crippen LogP contribution in [0.5, 0.6) is 11.5 Å². The molecule has 0 N–H and O–H groups in total. The summed E-state index contributed by atoms with van der Waals surface area (Å²) in [5, 5.41) is 1.09. The number of methoxy groups -OCH3 is 2. The van der Waals surface area contributed by atoms with Crippen LogP contribution in [0, 0.1) is 3.57 Å². The van der Waals surface area contributed by atoms with Crippen LogP contribution >= 0.6 is 45.8 Å². The Bertz CT molecular complexity index is 1340. The number of rotatable bonds is 8. The SMILES string of the molecule is COCCN1C2=C(C(=O)CCC2)C(c2cc(I)c(OCc3ccc(Cl)cc3Cl)c(OC)c2)C2=C1CCCC2=O. The van der Waals surface area contributed by atoms with Crippen LogP contribution in [0.4, 0.5) is 0 Å². The summed E-state index contributed by atoms with van der Waals surface area (Å²) in [5.41, 5.74) is 5.22. The highest BCUT2D eigenvalue weighted by Crippen LogP contribution is 2.50. The third-order valence-corrected chi connectivity index (χ3v) is 8.97. The van der Waals surface area contributed by atoms with E-state index >= 15 is 0 Å². The second-order valence-electron chi connectivity index (χ2n) is 9.91. The normalized spacial score (nSPS) is 17.9. The van der Waals surface area contributed by atoms with Gasteiger partial charge in [-0.3, -0.25) is 9.59 Å². The second kappa shape index (κ2) is 12.2. The van der Waals surface area contributed by atoms with E-state index in [1.54, 1.807) is 26.4 Å². The average Bonchev–Trinajstić information content (AvgIpc) is 2.91. The van der Waals surface area contributed by atoms with Crippen LogP contribution in [-0.2, 0) is 20.9 Å². The summed E-state index contributed by atoms with van der Waals surface area (Å²) in [6, 6.07) is 9.22. The number of hydrogen-bond acceptors (Lipinski definition) is 6. The number of hydrogen-bond donors (Lipinski definition) is 0. The first-order chi connectivity index (χ1) is 18.8. The van der Waals surface area contributed by atoms with Crippen molar-refractivity contribution in [1.82, 2.24) is 4.90 Å². The summed E-state index contributed by atoms with van der Waals surface area (Å²) in [4.78, 5) is 29.2. The third kappa shape index (κ3) is 5.60. The lowest BCUT2D eigenvalue weighted by molar-refractivity contribution is -0.117. The molecule has 5 rings (SSSR count). The van der Waals surface area contributed by atoms with Crippen molar-refractivity contribution in [1.29, 1.82) is 0 Å². The van der Waals surface area contributed by atoms with Crippen LogP contribution < -0.4 is 9.47 Å². The van der Waals surface area contributed by atoms with E-state index in [4.69, 9.17) is 37.4 Å². The topological polar surface area (TPSA) is 65.1 Å². The highest BCUT2D eigenvalue weighted by molar-refractivity contribution is 14.1. The molecule has 0 fully saturated rings. The lowest BCUT2D eigenvalue weighted by Crippen LogP contribution is -2.40. The molecule has 1 aliphatic heterocycles. The molecular formula is C30H30Cl2INO5. The number of Topliss-reactive ketones (excluding diaryl/α,β-unsaturated/α-hetero) is 2. The maximum Gasteiger partial charge on any atom is 0.174 e. The minimum absolute atomic E-state index is 0.111. The van der Waals surface area contributed by atoms with Gasteiger partial charge in [0.2, 0.25) is 0 Å². The van der Waals surface area contributed by atoms with Crippen molar-refractivity contribution in [3.05, 3.63) is 77.6 Å². The number of carbonyl (C=O) groups is 2. The largest absolute Gasteiger partial charge is 0.493 e. The Morgan fingerprint density at radius 3 is 2.21 bits per heavy atom. The van der Waals surface area contributed by atoms with E-state index in [1.165, 1.54) is 0 Å². The lowest BCUT2D eigenvalue weighted by atomic mass is 9.71. The number of benzene rings is 2. The molecule has 206 valence electrons. The molecule has 9 heteroatoms. The standard InChI is InChI=1S/C30H30Cl2INO5/c1-37-12-11-34-22-5-3-7-24(35)28(22)27(29-23(34)6-4-8-25(29)36)18-13-21(33)30(26(14-18)38-2)39-16-17-9-10-19(31)15-20(17)32/h9-10,13-15,27H,3-8,11-12,16H2,1-2H3. The predicted molar refractivity (Wildman–Crippen MR) is 160 cm³/mol. The highest BCUT2D eigenvalue weighted by atomic mass is 127. The molecule has 2 aromatic rings. The van der Waals surface area contributed by atoms with E-state index in [1.807, 2.05) is 18.2 Å². The Morgan fingerprint density at radius 2 is 1.62 bits per heavy atom. The smallest absolute Gasteiger partial charge is 0.174 e. The molecule has 0 saturated heterocycles. The summed E-state index contributed by atoms with van der Waals surface area (Å²) >= 11 is 14.6. The number of allylic oxidation sites excluding steroid dienone is 4. The number of nitrogens with zero attached hydrogens (tertiary/aromatic N) is 1. The Morgan fingerprint density at radius 1 is 0.949 bits per heavy atom. The summed E-state index contributed by atoms with van der Waals surface area (Å²) in [6.07, 6.45) is 4.22. The summed E-state index contributed by atoms with van der Waals surface area (Å²) in [7, 11) is 3.27. The van der Waals surface area contributed by atoms with Gasteiger partial charge in [-0.25, -0.2) is 0 Å². The van der Waals surface area contributed by atoms with Crippen LogP contribution in [0.3, 0.4) is 0 Å². The molecule has 0 spiro atoms. The van der Waals surface area contributed by atoms with Gasteiger partial charge in [0.25, 0.3) is 0 Å². The van der Waals surface area contributed by atoms with E-state index in [-0.39, 0.29) is 18.2 Å². The fourth-order valence-corrected chi connectivity index (χ4v) is 7.08. The zero-order chi connectivity index (χ0) is 27.7. The van der Waals surface area contributed by atoms with Crippen molar-refractivity contribution in [2.24, 2.45) is 0 Å². The first-order valence-electron chi connectivity index (χ1n) is 13.1. The van der Waals surface area contributed by atoms with Gasteiger partial charge in [-0.1, -0.05) is 29.3 Å². The van der Waals surface area contributed by atoms with Gasteiger partial charge in [0.1, 0.15) is 6.61 Å². The molecule has 2 aliphatic carbocycles. The Balaban J connectivity index is 1.58. The molecule has 1 heterocycles. The van der Waals surface area contributed by atoms with Crippen molar-refractivity contribution in [3.8, 4) is 11.5 Å². The number of ether oxygens (including phenoxy) is 3. The monoisotopic (exact) mass is 681 g/mol. The van der Waals surface area contributed by atoms with E-state index < -0.39 is 5.92 Å². The third-order valence-electron chi connectivity index (χ3n) is 7.58. The van der Waals surface area contributed by atoms with E-state index in [0.29, 0.717) is 47.5 Å². The van der Waals surface area contributed by atoms with Crippen LogP contribution in [0.1, 0.15) is 55.6 Å². The maximum absolute atomic E-state index is 13.5. The summed E-state index contributed by atoms with van der Waals surface area (Å²) in [5.74, 6) is 0.926. The van der Waals surface area contributed by atoms with Gasteiger partial charge in [-0.15, -0.1) is 0 Å². The fraction of sp³-hybridized carbons (Fsp3) is 0.400. The van der Waals surface area contributed by atoms with Crippen LogP contribution in [0.2, 0.25) is 10.0 Å². The van der Waals surface area contributed by atoms with Gasteiger partial charge in [-0.2, -0.15) is 0 Å². The second-order valence-corrected chi connectivity index (χ2v) is 11.9. The van der Waals surface area contributed by atoms with E-state index in [9.17, 15) is 9.59 Å². The van der Waals surface area contributed by atoms with Gasteiger partial charge in [0, 0.05) is 70.6 Å². The predicted octanol–water partition coefficient (Wildman–Crippen LogP) is 7.25. The molecule has 0 unspecified atom stereocenters.